The predicted molar refractivity (Wildman–Crippen MR) is 60.8 cm³/mol. The second-order valence-electron chi connectivity index (χ2n) is 4.33. The van der Waals surface area contributed by atoms with Crippen LogP contribution in [-0.4, -0.2) is 76.1 Å². The van der Waals surface area contributed by atoms with Gasteiger partial charge >= 0.3 is 5.51 Å². The number of quaternary nitrogens is 1. The fourth-order valence-corrected chi connectivity index (χ4v) is 1.10. The van der Waals surface area contributed by atoms with E-state index in [-0.39, 0.29) is 0 Å². The highest BCUT2D eigenvalue weighted by Crippen LogP contribution is 2.20. The molecule has 0 aromatic carbocycles. The lowest BCUT2D eigenvalue weighted by Crippen LogP contribution is -2.48. The second kappa shape index (κ2) is 6.34. The van der Waals surface area contributed by atoms with Gasteiger partial charge in [0.15, 0.2) is 10.1 Å². The number of guanidine groups is 1. The highest BCUT2D eigenvalue weighted by molar-refractivity contribution is 7.86. The summed E-state index contributed by atoms with van der Waals surface area (Å²) in [6.45, 7) is 0. The number of nitrogens with zero attached hydrogens (tertiary/aromatic N) is 3. The summed E-state index contributed by atoms with van der Waals surface area (Å²) in [6, 6.07) is 0. The molecule has 10 heteroatoms. The molecule has 0 amide bonds. The average molecular weight is 293 g/mol. The van der Waals surface area contributed by atoms with Crippen LogP contribution in [0.25, 0.3) is 0 Å². The molecule has 0 aromatic rings. The molecule has 0 fully saturated rings. The van der Waals surface area contributed by atoms with Crippen molar-refractivity contribution in [1.82, 2.24) is 4.90 Å². The number of aliphatic imine (C=N–C) groups is 1. The van der Waals surface area contributed by atoms with E-state index in [1.54, 1.807) is 0 Å². The van der Waals surface area contributed by atoms with Gasteiger partial charge in [-0.2, -0.15) is 13.2 Å². The highest BCUT2D eigenvalue weighted by atomic mass is 32.2. The van der Waals surface area contributed by atoms with E-state index >= 15 is 0 Å². The standard InChI is InChI=1S/C7H18N3.CHF3O3S/c1-8-7(9(2)3)10(4,5)6;2-1(3,4)8(5,6)7/h1-6H3;(H,5,6,7)/q+1;/p-1/b8-7+;. The number of alkyl halides is 3. The average Bonchev–Trinajstić information content (AvgIpc) is 1.97. The molecule has 0 spiro atoms. The first-order chi connectivity index (χ1) is 7.64. The SMILES string of the molecule is C/N=C(\N(C)C)[N+](C)(C)C.O=S(=O)([O-])C(F)(F)F. The van der Waals surface area contributed by atoms with Gasteiger partial charge in [-0.25, -0.2) is 13.4 Å². The van der Waals surface area contributed by atoms with Crippen LogP contribution in [0.2, 0.25) is 0 Å². The molecule has 0 aliphatic rings. The lowest BCUT2D eigenvalue weighted by atomic mass is 10.6. The Morgan fingerprint density at radius 3 is 1.50 bits per heavy atom. The van der Waals surface area contributed by atoms with Crippen molar-refractivity contribution in [2.75, 3.05) is 42.3 Å². The maximum atomic E-state index is 10.7. The quantitative estimate of drug-likeness (QED) is 0.212. The first kappa shape index (κ1) is 19.5. The molecular formula is C8H18F3N3O3S. The second-order valence-corrected chi connectivity index (χ2v) is 5.70. The van der Waals surface area contributed by atoms with Gasteiger partial charge in [0.25, 0.3) is 5.96 Å². The molecule has 0 bridgehead atoms. The third-order valence-electron chi connectivity index (χ3n) is 1.48. The van der Waals surface area contributed by atoms with Gasteiger partial charge in [0, 0.05) is 21.1 Å². The number of hydrogen-bond acceptors (Lipinski definition) is 4. The van der Waals surface area contributed by atoms with Crippen molar-refractivity contribution in [3.63, 3.8) is 0 Å². The molecule has 0 N–H and O–H groups in total. The van der Waals surface area contributed by atoms with Crippen LogP contribution < -0.4 is 0 Å². The fraction of sp³-hybridized carbons (Fsp3) is 0.875. The van der Waals surface area contributed by atoms with Crippen molar-refractivity contribution in [3.05, 3.63) is 0 Å². The van der Waals surface area contributed by atoms with E-state index in [1.807, 2.05) is 26.0 Å². The fourth-order valence-electron chi connectivity index (χ4n) is 1.10. The zero-order valence-electron chi connectivity index (χ0n) is 11.1. The number of rotatable bonds is 0. The molecule has 6 nitrogen and oxygen atoms in total. The van der Waals surface area contributed by atoms with Gasteiger partial charge in [-0.3, -0.25) is 4.48 Å². The highest BCUT2D eigenvalue weighted by Gasteiger charge is 2.36. The zero-order valence-corrected chi connectivity index (χ0v) is 11.9. The molecule has 0 radical (unpaired) electrons. The Morgan fingerprint density at radius 1 is 1.22 bits per heavy atom. The van der Waals surface area contributed by atoms with Crippen molar-refractivity contribution in [3.8, 4) is 0 Å². The summed E-state index contributed by atoms with van der Waals surface area (Å²) in [5.41, 5.74) is -5.65. The van der Waals surface area contributed by atoms with E-state index in [1.165, 1.54) is 0 Å². The van der Waals surface area contributed by atoms with Crippen LogP contribution in [0.3, 0.4) is 0 Å². The number of hydrogen-bond donors (Lipinski definition) is 0. The Kier molecular flexibility index (Phi) is 6.86. The van der Waals surface area contributed by atoms with Crippen LogP contribution in [0, 0.1) is 0 Å². The largest absolute Gasteiger partial charge is 0.741 e. The van der Waals surface area contributed by atoms with E-state index in [9.17, 15) is 13.2 Å². The summed E-state index contributed by atoms with van der Waals surface area (Å²) >= 11 is 0. The summed E-state index contributed by atoms with van der Waals surface area (Å²) < 4.78 is 59.7. The van der Waals surface area contributed by atoms with Crippen molar-refractivity contribution in [1.29, 1.82) is 0 Å². The van der Waals surface area contributed by atoms with E-state index in [0.29, 0.717) is 0 Å². The van der Waals surface area contributed by atoms with E-state index in [2.05, 4.69) is 26.1 Å². The molecular weight excluding hydrogens is 275 g/mol. The zero-order chi connectivity index (χ0) is 15.4. The molecule has 0 heterocycles. The normalized spacial score (nSPS) is 13.8. The monoisotopic (exact) mass is 293 g/mol. The van der Waals surface area contributed by atoms with Crippen LogP contribution in [0.1, 0.15) is 0 Å². The van der Waals surface area contributed by atoms with Gasteiger partial charge in [0.1, 0.15) is 0 Å². The Balaban J connectivity index is 0. The predicted octanol–water partition coefficient (Wildman–Crippen LogP) is 0.291. The molecule has 0 aliphatic heterocycles. The minimum atomic E-state index is -6.09. The Morgan fingerprint density at radius 2 is 1.50 bits per heavy atom. The summed E-state index contributed by atoms with van der Waals surface area (Å²) in [5.74, 6) is 1.07. The lowest BCUT2D eigenvalue weighted by Gasteiger charge is -2.28. The van der Waals surface area contributed by atoms with Crippen LogP contribution in [-0.2, 0) is 10.1 Å². The van der Waals surface area contributed by atoms with E-state index < -0.39 is 15.6 Å². The van der Waals surface area contributed by atoms with Crippen molar-refractivity contribution in [2.45, 2.75) is 5.51 Å². The van der Waals surface area contributed by atoms with E-state index in [0.717, 1.165) is 10.4 Å². The Hall–Kier alpha value is -0.870. The maximum Gasteiger partial charge on any atom is 0.485 e. The van der Waals surface area contributed by atoms with Gasteiger partial charge in [-0.05, 0) is 0 Å². The minimum absolute atomic E-state index is 0.767. The Labute approximate surface area is 105 Å². The van der Waals surface area contributed by atoms with Crippen LogP contribution >= 0.6 is 0 Å². The van der Waals surface area contributed by atoms with Crippen LogP contribution in [0.4, 0.5) is 13.2 Å². The van der Waals surface area contributed by atoms with Crippen LogP contribution in [0.5, 0.6) is 0 Å². The lowest BCUT2D eigenvalue weighted by molar-refractivity contribution is -0.782. The third-order valence-corrected chi connectivity index (χ3v) is 2.05. The molecule has 0 rings (SSSR count). The minimum Gasteiger partial charge on any atom is -0.741 e. The van der Waals surface area contributed by atoms with Gasteiger partial charge in [-0.15, -0.1) is 0 Å². The van der Waals surface area contributed by atoms with Gasteiger partial charge in [0.05, 0.1) is 21.1 Å². The van der Waals surface area contributed by atoms with Gasteiger partial charge in [-0.1, -0.05) is 0 Å². The van der Waals surface area contributed by atoms with Gasteiger partial charge < -0.3 is 9.45 Å². The summed E-state index contributed by atoms with van der Waals surface area (Å²) in [6.07, 6.45) is 0. The molecule has 110 valence electrons. The number of halogens is 3. The first-order valence-electron chi connectivity index (χ1n) is 4.63. The summed E-state index contributed by atoms with van der Waals surface area (Å²) in [5, 5.41) is 0. The summed E-state index contributed by atoms with van der Waals surface area (Å²) in [7, 11) is 6.04. The molecule has 0 saturated carbocycles. The topological polar surface area (TPSA) is 72.8 Å². The smallest absolute Gasteiger partial charge is 0.485 e. The van der Waals surface area contributed by atoms with Crippen LogP contribution in [0.15, 0.2) is 4.99 Å². The van der Waals surface area contributed by atoms with Gasteiger partial charge in [0.2, 0.25) is 0 Å². The molecule has 18 heavy (non-hydrogen) atoms. The molecule has 0 saturated heterocycles. The summed E-state index contributed by atoms with van der Waals surface area (Å²) in [4.78, 5) is 6.20. The maximum absolute atomic E-state index is 10.7. The Bertz CT molecular complexity index is 383. The molecule has 0 unspecified atom stereocenters. The van der Waals surface area contributed by atoms with Crippen molar-refractivity contribution >= 4 is 16.1 Å². The van der Waals surface area contributed by atoms with E-state index in [4.69, 9.17) is 13.0 Å². The van der Waals surface area contributed by atoms with Crippen molar-refractivity contribution in [2.24, 2.45) is 4.99 Å². The molecule has 0 aromatic heterocycles. The van der Waals surface area contributed by atoms with Crippen molar-refractivity contribution < 1.29 is 30.6 Å². The first-order valence-corrected chi connectivity index (χ1v) is 6.03. The molecule has 0 atom stereocenters. The third kappa shape index (κ3) is 7.45. The molecule has 0 aliphatic carbocycles.